The highest BCUT2D eigenvalue weighted by Crippen LogP contribution is 2.45. The summed E-state index contributed by atoms with van der Waals surface area (Å²) in [6.45, 7) is 3.51. The van der Waals surface area contributed by atoms with Crippen LogP contribution in [0.1, 0.15) is 36.8 Å². The van der Waals surface area contributed by atoms with Crippen molar-refractivity contribution in [3.63, 3.8) is 0 Å². The number of hydrogen-bond donors (Lipinski definition) is 5. The van der Waals surface area contributed by atoms with Crippen molar-refractivity contribution in [3.05, 3.63) is 65.7 Å². The Morgan fingerprint density at radius 2 is 1.60 bits per heavy atom. The Kier molecular flexibility index (Phi) is 10.9. The number of fused-ring (bicyclic) bond motifs is 2. The third-order valence-electron chi connectivity index (χ3n) is 7.76. The van der Waals surface area contributed by atoms with Crippen LogP contribution in [0.2, 0.25) is 0 Å². The number of nitrogens with one attached hydrogen (secondary N) is 4. The second kappa shape index (κ2) is 15.4. The lowest BCUT2D eigenvalue weighted by Crippen LogP contribution is -2.29. The summed E-state index contributed by atoms with van der Waals surface area (Å²) in [5.41, 5.74) is 8.26. The van der Waals surface area contributed by atoms with Gasteiger partial charge in [-0.1, -0.05) is 48.9 Å². The number of amides is 1. The molecule has 2 aliphatic carbocycles. The van der Waals surface area contributed by atoms with Crippen molar-refractivity contribution in [2.45, 2.75) is 44.7 Å². The Bertz CT molecular complexity index is 1260. The minimum absolute atomic E-state index is 0.0541. The third-order valence-corrected chi connectivity index (χ3v) is 7.76. The molecule has 2 bridgehead atoms. The van der Waals surface area contributed by atoms with E-state index in [9.17, 15) is 4.79 Å². The van der Waals surface area contributed by atoms with Crippen molar-refractivity contribution < 1.29 is 14.3 Å². The molecule has 3 atom stereocenters. The highest BCUT2D eigenvalue weighted by molar-refractivity contribution is 5.78. The molecule has 6 N–H and O–H groups in total. The number of carbonyl (C=O) groups excluding carboxylic acids is 1. The zero-order chi connectivity index (χ0) is 29.0. The molecular weight excluding hydrogens is 532 g/mol. The van der Waals surface area contributed by atoms with Crippen LogP contribution >= 0.6 is 0 Å². The van der Waals surface area contributed by atoms with Gasteiger partial charge in [0.15, 0.2) is 0 Å². The van der Waals surface area contributed by atoms with Gasteiger partial charge in [0, 0.05) is 31.4 Å². The van der Waals surface area contributed by atoms with Crippen molar-refractivity contribution in [1.29, 1.82) is 0 Å². The molecular formula is C31H42N8O3. The molecule has 3 aromatic rings. The van der Waals surface area contributed by atoms with E-state index in [1.54, 1.807) is 0 Å². The molecule has 2 aliphatic rings. The first kappa shape index (κ1) is 29.7. The Hall–Kier alpha value is -3.80. The molecule has 0 radical (unpaired) electrons. The number of rotatable bonds is 17. The maximum atomic E-state index is 12.3. The topological polar surface area (TPSA) is 148 Å². The average Bonchev–Trinajstić information content (AvgIpc) is 3.63. The van der Waals surface area contributed by atoms with Crippen LogP contribution in [0.5, 0.6) is 0 Å². The fourth-order valence-electron chi connectivity index (χ4n) is 5.69. The van der Waals surface area contributed by atoms with E-state index in [0.29, 0.717) is 75.9 Å². The molecule has 11 heteroatoms. The van der Waals surface area contributed by atoms with Gasteiger partial charge in [-0.05, 0) is 54.4 Å². The van der Waals surface area contributed by atoms with E-state index in [4.69, 9.17) is 20.2 Å². The molecule has 2 aromatic carbocycles. The molecule has 0 saturated heterocycles. The minimum atomic E-state index is -0.0541. The summed E-state index contributed by atoms with van der Waals surface area (Å²) in [5, 5.41) is 13.1. The summed E-state index contributed by atoms with van der Waals surface area (Å²) in [7, 11) is 0. The van der Waals surface area contributed by atoms with Crippen LogP contribution in [0.4, 0.5) is 23.5 Å². The zero-order valence-corrected chi connectivity index (χ0v) is 24.1. The Labute approximate surface area is 247 Å². The summed E-state index contributed by atoms with van der Waals surface area (Å²) in [4.78, 5) is 26.3. The van der Waals surface area contributed by atoms with Crippen LogP contribution in [0, 0.1) is 11.8 Å². The first-order valence-electron chi connectivity index (χ1n) is 14.9. The molecule has 2 fully saturated rings. The van der Waals surface area contributed by atoms with Crippen molar-refractivity contribution in [1.82, 2.24) is 20.3 Å². The summed E-state index contributed by atoms with van der Waals surface area (Å²) in [6.07, 6.45) is 5.39. The number of anilines is 4. The van der Waals surface area contributed by atoms with Crippen molar-refractivity contribution in [3.8, 4) is 0 Å². The number of benzene rings is 2. The highest BCUT2D eigenvalue weighted by atomic mass is 16.5. The van der Waals surface area contributed by atoms with Gasteiger partial charge in [0.2, 0.25) is 23.8 Å². The van der Waals surface area contributed by atoms with Gasteiger partial charge in [-0.25, -0.2) is 0 Å². The summed E-state index contributed by atoms with van der Waals surface area (Å²) < 4.78 is 10.7. The number of nitrogens with two attached hydrogens (primary N) is 1. The van der Waals surface area contributed by atoms with E-state index < -0.39 is 0 Å². The average molecular weight is 575 g/mol. The quantitative estimate of drug-likeness (QED) is 0.152. The minimum Gasteiger partial charge on any atom is -0.378 e. The maximum Gasteiger partial charge on any atom is 0.233 e. The molecule has 0 spiro atoms. The fraction of sp³-hybridized carbons (Fsp3) is 0.484. The summed E-state index contributed by atoms with van der Waals surface area (Å²) >= 11 is 0. The van der Waals surface area contributed by atoms with Gasteiger partial charge in [0.1, 0.15) is 0 Å². The Balaban J connectivity index is 1.14. The molecule has 224 valence electrons. The second-order valence-corrected chi connectivity index (χ2v) is 10.9. The lowest BCUT2D eigenvalue weighted by molar-refractivity contribution is -0.120. The van der Waals surface area contributed by atoms with Gasteiger partial charge < -0.3 is 36.5 Å². The standard InChI is InChI=1S/C31H42N8O3/c32-12-14-41-16-17-42-15-13-33-28(40)20-22-7-10-26(11-8-22)35-30-37-29(34-21-23-4-2-1-3-5-23)38-31(39-30)36-27-19-24-6-9-25(27)18-24/h1-5,7-8,10-11,24-25,27H,6,9,12-21,32H2,(H,33,40)(H3,34,35,36,37,38,39). The predicted octanol–water partition coefficient (Wildman–Crippen LogP) is 3.48. The smallest absolute Gasteiger partial charge is 0.233 e. The zero-order valence-electron chi connectivity index (χ0n) is 24.1. The highest BCUT2D eigenvalue weighted by Gasteiger charge is 2.39. The van der Waals surface area contributed by atoms with Gasteiger partial charge in [0.05, 0.1) is 32.8 Å². The molecule has 1 heterocycles. The van der Waals surface area contributed by atoms with Crippen molar-refractivity contribution in [2.24, 2.45) is 17.6 Å². The predicted molar refractivity (Wildman–Crippen MR) is 164 cm³/mol. The molecule has 5 rings (SSSR count). The number of ether oxygens (including phenoxy) is 2. The molecule has 0 aliphatic heterocycles. The fourth-order valence-corrected chi connectivity index (χ4v) is 5.69. The SMILES string of the molecule is NCCOCCOCCNC(=O)Cc1ccc(Nc2nc(NCc3ccccc3)nc(NC3CC4CCC3C4)n2)cc1. The van der Waals surface area contributed by atoms with Crippen LogP contribution in [0.25, 0.3) is 0 Å². The van der Waals surface area contributed by atoms with E-state index in [-0.39, 0.29) is 12.3 Å². The van der Waals surface area contributed by atoms with Crippen LogP contribution in [0.3, 0.4) is 0 Å². The van der Waals surface area contributed by atoms with Gasteiger partial charge in [0.25, 0.3) is 0 Å². The molecule has 42 heavy (non-hydrogen) atoms. The van der Waals surface area contributed by atoms with Crippen LogP contribution in [-0.2, 0) is 27.2 Å². The van der Waals surface area contributed by atoms with Gasteiger partial charge in [-0.15, -0.1) is 0 Å². The number of hydrogen-bond acceptors (Lipinski definition) is 10. The molecule has 11 nitrogen and oxygen atoms in total. The van der Waals surface area contributed by atoms with Crippen molar-refractivity contribution >= 4 is 29.4 Å². The van der Waals surface area contributed by atoms with Gasteiger partial charge >= 0.3 is 0 Å². The maximum absolute atomic E-state index is 12.3. The molecule has 1 aromatic heterocycles. The summed E-state index contributed by atoms with van der Waals surface area (Å²) in [6, 6.07) is 18.3. The largest absolute Gasteiger partial charge is 0.378 e. The van der Waals surface area contributed by atoms with E-state index in [1.165, 1.54) is 25.7 Å². The molecule has 3 unspecified atom stereocenters. The first-order valence-corrected chi connectivity index (χ1v) is 14.9. The van der Waals surface area contributed by atoms with E-state index in [1.807, 2.05) is 42.5 Å². The lowest BCUT2D eigenvalue weighted by Gasteiger charge is -2.23. The number of carbonyl (C=O) groups is 1. The van der Waals surface area contributed by atoms with Crippen molar-refractivity contribution in [2.75, 3.05) is 55.5 Å². The Morgan fingerprint density at radius 1 is 0.833 bits per heavy atom. The summed E-state index contributed by atoms with van der Waals surface area (Å²) in [5.74, 6) is 3.03. The molecule has 2 saturated carbocycles. The Morgan fingerprint density at radius 3 is 2.33 bits per heavy atom. The lowest BCUT2D eigenvalue weighted by atomic mass is 9.95. The van der Waals surface area contributed by atoms with Crippen LogP contribution in [-0.4, -0.2) is 66.4 Å². The van der Waals surface area contributed by atoms with Gasteiger partial charge in [-0.2, -0.15) is 15.0 Å². The monoisotopic (exact) mass is 574 g/mol. The molecule has 1 amide bonds. The normalized spacial score (nSPS) is 19.0. The van der Waals surface area contributed by atoms with E-state index >= 15 is 0 Å². The van der Waals surface area contributed by atoms with E-state index in [2.05, 4.69) is 43.4 Å². The first-order chi connectivity index (χ1) is 20.6. The number of aromatic nitrogens is 3. The van der Waals surface area contributed by atoms with Crippen LogP contribution < -0.4 is 27.0 Å². The van der Waals surface area contributed by atoms with Crippen LogP contribution in [0.15, 0.2) is 54.6 Å². The number of nitrogens with zero attached hydrogens (tertiary/aromatic N) is 3. The van der Waals surface area contributed by atoms with E-state index in [0.717, 1.165) is 22.7 Å². The van der Waals surface area contributed by atoms with Gasteiger partial charge in [-0.3, -0.25) is 4.79 Å². The third kappa shape index (κ3) is 9.10. The second-order valence-electron chi connectivity index (χ2n) is 10.9.